The average Bonchev–Trinajstić information content (AvgIpc) is 2.68. The first-order valence-electron chi connectivity index (χ1n) is 8.78. The Morgan fingerprint density at radius 3 is 2.72 bits per heavy atom. The summed E-state index contributed by atoms with van der Waals surface area (Å²) in [4.78, 5) is 17.9. The Morgan fingerprint density at radius 1 is 1.20 bits per heavy atom. The van der Waals surface area contributed by atoms with Crippen molar-refractivity contribution in [1.82, 2.24) is 10.3 Å². The third kappa shape index (κ3) is 5.58. The van der Waals surface area contributed by atoms with Crippen LogP contribution in [0.4, 0.5) is 0 Å². The molecule has 1 aromatic heterocycles. The van der Waals surface area contributed by atoms with E-state index in [0.29, 0.717) is 12.3 Å². The molecule has 25 heavy (non-hydrogen) atoms. The molecule has 1 amide bonds. The molecular formula is C20H24N2O2S. The summed E-state index contributed by atoms with van der Waals surface area (Å²) in [6, 6.07) is 14.2. The second kappa shape index (κ2) is 9.59. The first-order chi connectivity index (χ1) is 12.3. The second-order valence-corrected chi connectivity index (χ2v) is 7.36. The Hall–Kier alpha value is -1.85. The molecule has 0 radical (unpaired) electrons. The van der Waals surface area contributed by atoms with Crippen LogP contribution in [0.1, 0.15) is 30.9 Å². The highest BCUT2D eigenvalue weighted by atomic mass is 32.2. The van der Waals surface area contributed by atoms with E-state index in [9.17, 15) is 4.79 Å². The maximum absolute atomic E-state index is 12.5. The molecule has 1 atom stereocenters. The number of aromatic nitrogens is 1. The van der Waals surface area contributed by atoms with Crippen molar-refractivity contribution >= 4 is 17.7 Å². The number of carbonyl (C=O) groups excluding carboxylic acids is 1. The van der Waals surface area contributed by atoms with Gasteiger partial charge < -0.3 is 10.1 Å². The molecule has 132 valence electrons. The van der Waals surface area contributed by atoms with Gasteiger partial charge in [0.05, 0.1) is 6.04 Å². The molecule has 2 aromatic rings. The van der Waals surface area contributed by atoms with Crippen molar-refractivity contribution in [3.63, 3.8) is 0 Å². The molecular weight excluding hydrogens is 332 g/mol. The van der Waals surface area contributed by atoms with Crippen LogP contribution in [-0.2, 0) is 9.53 Å². The zero-order chi connectivity index (χ0) is 17.3. The normalized spacial score (nSPS) is 16.3. The zero-order valence-corrected chi connectivity index (χ0v) is 15.1. The van der Waals surface area contributed by atoms with Crippen molar-refractivity contribution < 1.29 is 9.53 Å². The van der Waals surface area contributed by atoms with Crippen LogP contribution < -0.4 is 5.32 Å². The fourth-order valence-corrected chi connectivity index (χ4v) is 3.98. The molecule has 0 spiro atoms. The van der Waals surface area contributed by atoms with Gasteiger partial charge in [0.25, 0.3) is 0 Å². The molecule has 3 rings (SSSR count). The molecule has 1 unspecified atom stereocenters. The SMILES string of the molecule is O=C(CCSc1ccccc1)NC(c1cccnc1)C1CCOCC1. The van der Waals surface area contributed by atoms with E-state index in [-0.39, 0.29) is 11.9 Å². The Kier molecular flexibility index (Phi) is 6.89. The fraction of sp³-hybridized carbons (Fsp3) is 0.400. The molecule has 1 fully saturated rings. The second-order valence-electron chi connectivity index (χ2n) is 6.19. The van der Waals surface area contributed by atoms with E-state index >= 15 is 0 Å². The third-order valence-electron chi connectivity index (χ3n) is 4.44. The van der Waals surface area contributed by atoms with Gasteiger partial charge in [0.15, 0.2) is 0 Å². The van der Waals surface area contributed by atoms with Gasteiger partial charge in [-0.05, 0) is 42.5 Å². The molecule has 2 heterocycles. The van der Waals surface area contributed by atoms with Crippen molar-refractivity contribution in [2.45, 2.75) is 30.2 Å². The van der Waals surface area contributed by atoms with Crippen LogP contribution in [0.2, 0.25) is 0 Å². The standard InChI is InChI=1S/C20H24N2O2S/c23-19(10-14-25-18-6-2-1-3-7-18)22-20(16-8-12-24-13-9-16)17-5-4-11-21-15-17/h1-7,11,15-16,20H,8-10,12-14H2,(H,22,23). The van der Waals surface area contributed by atoms with Crippen LogP contribution in [0.3, 0.4) is 0 Å². The van der Waals surface area contributed by atoms with E-state index in [1.54, 1.807) is 18.0 Å². The van der Waals surface area contributed by atoms with Gasteiger partial charge in [-0.25, -0.2) is 0 Å². The van der Waals surface area contributed by atoms with Crippen LogP contribution in [0.5, 0.6) is 0 Å². The number of ether oxygens (including phenoxy) is 1. The molecule has 0 saturated carbocycles. The van der Waals surface area contributed by atoms with Crippen LogP contribution >= 0.6 is 11.8 Å². The smallest absolute Gasteiger partial charge is 0.221 e. The summed E-state index contributed by atoms with van der Waals surface area (Å²) in [7, 11) is 0. The van der Waals surface area contributed by atoms with Gasteiger partial charge in [0.1, 0.15) is 0 Å². The van der Waals surface area contributed by atoms with E-state index in [2.05, 4.69) is 22.4 Å². The Labute approximate surface area is 153 Å². The summed E-state index contributed by atoms with van der Waals surface area (Å²) in [6.07, 6.45) is 6.08. The minimum atomic E-state index is 0.0202. The molecule has 1 aliphatic heterocycles. The quantitative estimate of drug-likeness (QED) is 0.766. The summed E-state index contributed by atoms with van der Waals surface area (Å²) in [5.74, 6) is 1.29. The topological polar surface area (TPSA) is 51.2 Å². The number of thioether (sulfide) groups is 1. The molecule has 1 N–H and O–H groups in total. The third-order valence-corrected chi connectivity index (χ3v) is 5.45. The summed E-state index contributed by atoms with van der Waals surface area (Å²) in [5, 5.41) is 3.24. The van der Waals surface area contributed by atoms with E-state index in [1.165, 1.54) is 4.90 Å². The highest BCUT2D eigenvalue weighted by Gasteiger charge is 2.26. The van der Waals surface area contributed by atoms with Gasteiger partial charge in [-0.15, -0.1) is 11.8 Å². The van der Waals surface area contributed by atoms with E-state index in [4.69, 9.17) is 4.74 Å². The van der Waals surface area contributed by atoms with Crippen LogP contribution in [-0.4, -0.2) is 29.9 Å². The van der Waals surface area contributed by atoms with Crippen molar-refractivity contribution in [2.75, 3.05) is 19.0 Å². The van der Waals surface area contributed by atoms with E-state index in [0.717, 1.165) is 37.4 Å². The Bertz CT molecular complexity index is 645. The predicted molar refractivity (Wildman–Crippen MR) is 100 cm³/mol. The van der Waals surface area contributed by atoms with Crippen molar-refractivity contribution in [2.24, 2.45) is 5.92 Å². The number of hydrogen-bond donors (Lipinski definition) is 1. The Balaban J connectivity index is 1.56. The van der Waals surface area contributed by atoms with Crippen LogP contribution in [0, 0.1) is 5.92 Å². The molecule has 4 nitrogen and oxygen atoms in total. The molecule has 1 aliphatic rings. The van der Waals surface area contributed by atoms with Gasteiger partial charge in [-0.1, -0.05) is 24.3 Å². The largest absolute Gasteiger partial charge is 0.381 e. The maximum Gasteiger partial charge on any atom is 0.221 e. The van der Waals surface area contributed by atoms with Gasteiger partial charge in [0.2, 0.25) is 5.91 Å². The first-order valence-corrected chi connectivity index (χ1v) is 9.76. The Morgan fingerprint density at radius 2 is 2.00 bits per heavy atom. The minimum absolute atomic E-state index is 0.0202. The van der Waals surface area contributed by atoms with E-state index < -0.39 is 0 Å². The van der Waals surface area contributed by atoms with Crippen molar-refractivity contribution in [3.05, 3.63) is 60.4 Å². The number of benzene rings is 1. The summed E-state index contributed by atoms with van der Waals surface area (Å²) < 4.78 is 5.47. The number of hydrogen-bond acceptors (Lipinski definition) is 4. The molecule has 5 heteroatoms. The minimum Gasteiger partial charge on any atom is -0.381 e. The van der Waals surface area contributed by atoms with Crippen LogP contribution in [0.25, 0.3) is 0 Å². The average molecular weight is 356 g/mol. The molecule has 1 saturated heterocycles. The lowest BCUT2D eigenvalue weighted by Crippen LogP contribution is -2.36. The number of nitrogens with one attached hydrogen (secondary N) is 1. The van der Waals surface area contributed by atoms with Crippen LogP contribution in [0.15, 0.2) is 59.8 Å². The highest BCUT2D eigenvalue weighted by Crippen LogP contribution is 2.30. The highest BCUT2D eigenvalue weighted by molar-refractivity contribution is 7.99. The van der Waals surface area contributed by atoms with Crippen molar-refractivity contribution in [1.29, 1.82) is 0 Å². The number of pyridine rings is 1. The van der Waals surface area contributed by atoms with E-state index in [1.807, 2.05) is 36.5 Å². The van der Waals surface area contributed by atoms with Gasteiger partial charge >= 0.3 is 0 Å². The number of nitrogens with zero attached hydrogens (tertiary/aromatic N) is 1. The van der Waals surface area contributed by atoms with Gasteiger partial charge in [-0.2, -0.15) is 0 Å². The number of rotatable bonds is 7. The lowest BCUT2D eigenvalue weighted by atomic mass is 9.87. The predicted octanol–water partition coefficient (Wildman–Crippen LogP) is 3.85. The molecule has 0 bridgehead atoms. The summed E-state index contributed by atoms with van der Waals surface area (Å²) in [6.45, 7) is 1.53. The van der Waals surface area contributed by atoms with Crippen molar-refractivity contribution in [3.8, 4) is 0 Å². The molecule has 0 aliphatic carbocycles. The first kappa shape index (κ1) is 18.0. The maximum atomic E-state index is 12.5. The number of amides is 1. The van der Waals surface area contributed by atoms with Gasteiger partial charge in [0, 0.05) is 42.7 Å². The van der Waals surface area contributed by atoms with Gasteiger partial charge in [-0.3, -0.25) is 9.78 Å². The number of carbonyl (C=O) groups is 1. The fourth-order valence-electron chi connectivity index (χ4n) is 3.11. The monoisotopic (exact) mass is 356 g/mol. The summed E-state index contributed by atoms with van der Waals surface area (Å²) in [5.41, 5.74) is 1.08. The lowest BCUT2D eigenvalue weighted by Gasteiger charge is -2.31. The summed E-state index contributed by atoms with van der Waals surface area (Å²) >= 11 is 1.71. The molecule has 1 aromatic carbocycles. The zero-order valence-electron chi connectivity index (χ0n) is 14.3. The lowest BCUT2D eigenvalue weighted by molar-refractivity contribution is -0.122.